The Labute approximate surface area is 246 Å². The molecule has 0 aromatic heterocycles. The quantitative estimate of drug-likeness (QED) is 0.275. The molecular weight excluding hydrogens is 566 g/mol. The fraction of sp³-hybridized carbons (Fsp3) is 0.200. The first-order chi connectivity index (χ1) is 19.6. The van der Waals surface area contributed by atoms with Gasteiger partial charge in [0.25, 0.3) is 17.1 Å². The van der Waals surface area contributed by atoms with Crippen LogP contribution in [0.25, 0.3) is 6.08 Å². The number of hydrogen-bond donors (Lipinski definition) is 2. The zero-order valence-corrected chi connectivity index (χ0v) is 24.2. The molecule has 0 radical (unpaired) electrons. The Balaban J connectivity index is 1.41. The van der Waals surface area contributed by atoms with E-state index in [1.165, 1.54) is 0 Å². The minimum absolute atomic E-state index is 0.173. The molecule has 0 saturated carbocycles. The van der Waals surface area contributed by atoms with Gasteiger partial charge in [0, 0.05) is 16.4 Å². The first kappa shape index (κ1) is 29.7. The molecule has 0 aliphatic carbocycles. The maximum Gasteiger partial charge on any atom is 0.294 e. The van der Waals surface area contributed by atoms with Crippen molar-refractivity contribution in [2.45, 2.75) is 20.8 Å². The predicted molar refractivity (Wildman–Crippen MR) is 160 cm³/mol. The van der Waals surface area contributed by atoms with Gasteiger partial charge in [0.1, 0.15) is 6.54 Å². The number of amides is 4. The molecule has 2 N–H and O–H groups in total. The van der Waals surface area contributed by atoms with Crippen molar-refractivity contribution >= 4 is 63.8 Å². The van der Waals surface area contributed by atoms with Crippen LogP contribution in [0.4, 0.5) is 16.2 Å². The third-order valence-corrected chi connectivity index (χ3v) is 7.01. The maximum atomic E-state index is 13.0. The van der Waals surface area contributed by atoms with E-state index in [9.17, 15) is 19.2 Å². The molecular formula is C30H28ClN3O6S. The molecule has 4 amide bonds. The van der Waals surface area contributed by atoms with Crippen LogP contribution < -0.4 is 20.1 Å². The Bertz CT molecular complexity index is 1540. The van der Waals surface area contributed by atoms with Gasteiger partial charge in [-0.15, -0.1) is 0 Å². The summed E-state index contributed by atoms with van der Waals surface area (Å²) >= 11 is 6.71. The van der Waals surface area contributed by atoms with Gasteiger partial charge >= 0.3 is 0 Å². The van der Waals surface area contributed by atoms with Crippen molar-refractivity contribution < 1.29 is 28.7 Å². The number of imide groups is 1. The summed E-state index contributed by atoms with van der Waals surface area (Å²) in [6, 6.07) is 17.3. The SMILES string of the molecule is CCOc1cc(/C=C2/SC(=O)N(CC(=O)Nc3ccc(C)cc3C)C2=O)ccc1OCC(=O)Nc1cccc(Cl)c1. The van der Waals surface area contributed by atoms with E-state index in [-0.39, 0.29) is 17.4 Å². The second kappa shape index (κ2) is 13.4. The molecule has 0 atom stereocenters. The number of hydrogen-bond acceptors (Lipinski definition) is 7. The van der Waals surface area contributed by atoms with E-state index < -0.39 is 23.6 Å². The second-order valence-electron chi connectivity index (χ2n) is 9.12. The van der Waals surface area contributed by atoms with Crippen LogP contribution in [-0.2, 0) is 14.4 Å². The monoisotopic (exact) mass is 593 g/mol. The molecule has 4 rings (SSSR count). The van der Waals surface area contributed by atoms with Crippen LogP contribution >= 0.6 is 23.4 Å². The summed E-state index contributed by atoms with van der Waals surface area (Å²) in [7, 11) is 0. The first-order valence-electron chi connectivity index (χ1n) is 12.7. The number of benzene rings is 3. The topological polar surface area (TPSA) is 114 Å². The highest BCUT2D eigenvalue weighted by Crippen LogP contribution is 2.35. The van der Waals surface area contributed by atoms with Crippen LogP contribution in [0, 0.1) is 13.8 Å². The Hall–Kier alpha value is -4.28. The number of halogens is 1. The van der Waals surface area contributed by atoms with Crippen LogP contribution in [0.1, 0.15) is 23.6 Å². The number of carbonyl (C=O) groups is 4. The van der Waals surface area contributed by atoms with E-state index in [1.54, 1.807) is 61.5 Å². The molecule has 3 aromatic rings. The van der Waals surface area contributed by atoms with E-state index in [4.69, 9.17) is 21.1 Å². The van der Waals surface area contributed by atoms with Gasteiger partial charge in [-0.3, -0.25) is 24.1 Å². The number of nitrogens with zero attached hydrogens (tertiary/aromatic N) is 1. The lowest BCUT2D eigenvalue weighted by molar-refractivity contribution is -0.127. The lowest BCUT2D eigenvalue weighted by Crippen LogP contribution is -2.36. The van der Waals surface area contributed by atoms with Gasteiger partial charge in [0.05, 0.1) is 11.5 Å². The first-order valence-corrected chi connectivity index (χ1v) is 13.9. The van der Waals surface area contributed by atoms with Crippen LogP contribution in [0.3, 0.4) is 0 Å². The molecule has 1 aliphatic heterocycles. The summed E-state index contributed by atoms with van der Waals surface area (Å²) < 4.78 is 11.4. The van der Waals surface area contributed by atoms with Crippen molar-refractivity contribution in [3.63, 3.8) is 0 Å². The average Bonchev–Trinajstić information content (AvgIpc) is 3.17. The van der Waals surface area contributed by atoms with E-state index in [0.29, 0.717) is 40.1 Å². The molecule has 9 nitrogen and oxygen atoms in total. The van der Waals surface area contributed by atoms with Crippen molar-refractivity contribution in [1.29, 1.82) is 0 Å². The van der Waals surface area contributed by atoms with Crippen LogP contribution in [0.5, 0.6) is 11.5 Å². The summed E-state index contributed by atoms with van der Waals surface area (Å²) in [5, 5.41) is 5.42. The van der Waals surface area contributed by atoms with Crippen molar-refractivity contribution in [2.24, 2.45) is 0 Å². The lowest BCUT2D eigenvalue weighted by atomic mass is 10.1. The van der Waals surface area contributed by atoms with Crippen LogP contribution in [0.15, 0.2) is 65.6 Å². The molecule has 1 fully saturated rings. The van der Waals surface area contributed by atoms with Gasteiger partial charge < -0.3 is 20.1 Å². The van der Waals surface area contributed by atoms with Crippen molar-refractivity contribution in [1.82, 2.24) is 4.90 Å². The van der Waals surface area contributed by atoms with E-state index >= 15 is 0 Å². The fourth-order valence-electron chi connectivity index (χ4n) is 3.98. The number of anilines is 2. The molecule has 1 aliphatic rings. The van der Waals surface area contributed by atoms with E-state index in [0.717, 1.165) is 27.8 Å². The lowest BCUT2D eigenvalue weighted by Gasteiger charge is -2.14. The van der Waals surface area contributed by atoms with Gasteiger partial charge in [-0.25, -0.2) is 0 Å². The molecule has 3 aromatic carbocycles. The molecule has 0 spiro atoms. The van der Waals surface area contributed by atoms with Crippen LogP contribution in [-0.4, -0.2) is 47.6 Å². The zero-order chi connectivity index (χ0) is 29.5. The smallest absolute Gasteiger partial charge is 0.294 e. The second-order valence-corrected chi connectivity index (χ2v) is 10.6. The number of aryl methyl sites for hydroxylation is 2. The Kier molecular flexibility index (Phi) is 9.69. The normalized spacial score (nSPS) is 13.9. The van der Waals surface area contributed by atoms with Gasteiger partial charge in [0.15, 0.2) is 18.1 Å². The maximum absolute atomic E-state index is 13.0. The summed E-state index contributed by atoms with van der Waals surface area (Å²) in [4.78, 5) is 51.5. The summed E-state index contributed by atoms with van der Waals surface area (Å²) in [6.07, 6.45) is 1.55. The highest BCUT2D eigenvalue weighted by atomic mass is 35.5. The number of thioether (sulfide) groups is 1. The summed E-state index contributed by atoms with van der Waals surface area (Å²) in [6.45, 7) is 5.29. The molecule has 0 unspecified atom stereocenters. The number of carbonyl (C=O) groups excluding carboxylic acids is 4. The van der Waals surface area contributed by atoms with Gasteiger partial charge in [-0.2, -0.15) is 0 Å². The fourth-order valence-corrected chi connectivity index (χ4v) is 5.01. The number of rotatable bonds is 10. The molecule has 41 heavy (non-hydrogen) atoms. The van der Waals surface area contributed by atoms with Crippen molar-refractivity contribution in [2.75, 3.05) is 30.4 Å². The van der Waals surface area contributed by atoms with Gasteiger partial charge in [0.2, 0.25) is 5.91 Å². The number of ether oxygens (including phenoxy) is 2. The average molecular weight is 594 g/mol. The highest BCUT2D eigenvalue weighted by Gasteiger charge is 2.36. The Morgan fingerprint density at radius 3 is 2.49 bits per heavy atom. The van der Waals surface area contributed by atoms with Crippen LogP contribution in [0.2, 0.25) is 5.02 Å². The van der Waals surface area contributed by atoms with Gasteiger partial charge in [-0.05, 0) is 86.1 Å². The Morgan fingerprint density at radius 2 is 1.76 bits per heavy atom. The zero-order valence-electron chi connectivity index (χ0n) is 22.7. The number of nitrogens with one attached hydrogen (secondary N) is 2. The van der Waals surface area contributed by atoms with Crippen molar-refractivity contribution in [3.05, 3.63) is 87.3 Å². The molecule has 1 heterocycles. The third-order valence-electron chi connectivity index (χ3n) is 5.86. The van der Waals surface area contributed by atoms with Gasteiger partial charge in [-0.1, -0.05) is 41.4 Å². The largest absolute Gasteiger partial charge is 0.490 e. The van der Waals surface area contributed by atoms with E-state index in [1.807, 2.05) is 26.0 Å². The molecule has 11 heteroatoms. The summed E-state index contributed by atoms with van der Waals surface area (Å²) in [5.74, 6) is -0.717. The minimum Gasteiger partial charge on any atom is -0.490 e. The molecule has 212 valence electrons. The van der Waals surface area contributed by atoms with E-state index in [2.05, 4.69) is 10.6 Å². The minimum atomic E-state index is -0.563. The van der Waals surface area contributed by atoms with Crippen molar-refractivity contribution in [3.8, 4) is 11.5 Å². The molecule has 0 bridgehead atoms. The molecule has 1 saturated heterocycles. The highest BCUT2D eigenvalue weighted by molar-refractivity contribution is 8.18. The summed E-state index contributed by atoms with van der Waals surface area (Å²) in [5.41, 5.74) is 3.68. The Morgan fingerprint density at radius 1 is 0.951 bits per heavy atom. The third kappa shape index (κ3) is 7.90. The predicted octanol–water partition coefficient (Wildman–Crippen LogP) is 6.05. The standard InChI is InChI=1S/C30H28ClN3O6S/c1-4-39-25-13-20(9-11-24(25)40-17-28(36)32-22-7-5-6-21(31)15-22)14-26-29(37)34(30(38)41-26)16-27(35)33-23-10-8-18(2)12-19(23)3/h5-15H,4,16-17H2,1-3H3,(H,32,36)(H,33,35)/b26-14+.